The fraction of sp³-hybridized carbons (Fsp3) is 0.300. The Hall–Kier alpha value is -2.24. The molecule has 1 saturated heterocycles. The highest BCUT2D eigenvalue weighted by Crippen LogP contribution is 2.35. The number of nitrogens with zero attached hydrogens (tertiary/aromatic N) is 2. The van der Waals surface area contributed by atoms with E-state index >= 15 is 0 Å². The molecule has 3 aromatic rings. The Morgan fingerprint density at radius 1 is 1.15 bits per heavy atom. The molecule has 0 bridgehead atoms. The van der Waals surface area contributed by atoms with E-state index in [1.807, 2.05) is 35.2 Å². The first kappa shape index (κ1) is 18.1. The van der Waals surface area contributed by atoms with Gasteiger partial charge >= 0.3 is 5.76 Å². The zero-order valence-corrected chi connectivity index (χ0v) is 16.0. The molecule has 1 amide bonds. The van der Waals surface area contributed by atoms with Crippen LogP contribution in [0, 0.1) is 0 Å². The highest BCUT2D eigenvalue weighted by atomic mass is 35.5. The number of hydrogen-bond donors (Lipinski definition) is 0. The molecule has 2 heterocycles. The van der Waals surface area contributed by atoms with Gasteiger partial charge in [-0.3, -0.25) is 9.36 Å². The van der Waals surface area contributed by atoms with E-state index in [4.69, 9.17) is 27.6 Å². The molecule has 2 aromatic carbocycles. The van der Waals surface area contributed by atoms with Gasteiger partial charge in [0.15, 0.2) is 5.58 Å². The predicted molar refractivity (Wildman–Crippen MR) is 105 cm³/mol. The van der Waals surface area contributed by atoms with E-state index in [1.165, 1.54) is 4.57 Å². The van der Waals surface area contributed by atoms with Crippen molar-refractivity contribution in [2.75, 3.05) is 6.54 Å². The van der Waals surface area contributed by atoms with Crippen molar-refractivity contribution in [1.29, 1.82) is 0 Å². The van der Waals surface area contributed by atoms with Gasteiger partial charge in [-0.15, -0.1) is 0 Å². The molecular weight excluding hydrogens is 387 g/mol. The molecule has 1 aliphatic heterocycles. The Labute approximate surface area is 166 Å². The van der Waals surface area contributed by atoms with Crippen LogP contribution >= 0.6 is 23.2 Å². The molecule has 0 spiro atoms. The van der Waals surface area contributed by atoms with Gasteiger partial charge in [-0.05, 0) is 42.7 Å². The van der Waals surface area contributed by atoms with Crippen molar-refractivity contribution >= 4 is 40.2 Å². The van der Waals surface area contributed by atoms with E-state index in [1.54, 1.807) is 12.1 Å². The molecule has 27 heavy (non-hydrogen) atoms. The largest absolute Gasteiger partial charge is 0.419 e. The maximum atomic E-state index is 12.8. The summed E-state index contributed by atoms with van der Waals surface area (Å²) in [6.45, 7) is 0.990. The Balaban J connectivity index is 1.51. The van der Waals surface area contributed by atoms with Crippen LogP contribution in [0.2, 0.25) is 10.0 Å². The monoisotopic (exact) mass is 404 g/mol. The summed E-state index contributed by atoms with van der Waals surface area (Å²) in [5.41, 5.74) is 2.23. The summed E-state index contributed by atoms with van der Waals surface area (Å²) in [6, 6.07) is 12.7. The second-order valence-corrected chi connectivity index (χ2v) is 7.47. The molecule has 0 saturated carbocycles. The number of benzene rings is 2. The number of aryl methyl sites for hydroxylation is 1. The van der Waals surface area contributed by atoms with E-state index < -0.39 is 5.76 Å². The number of carbonyl (C=O) groups is 1. The topological polar surface area (TPSA) is 55.5 Å². The van der Waals surface area contributed by atoms with Crippen molar-refractivity contribution in [2.45, 2.75) is 31.8 Å². The minimum atomic E-state index is -0.438. The first-order valence-corrected chi connectivity index (χ1v) is 9.63. The van der Waals surface area contributed by atoms with Gasteiger partial charge < -0.3 is 9.32 Å². The number of para-hydroxylation sites is 2. The Morgan fingerprint density at radius 2 is 1.96 bits per heavy atom. The summed E-state index contributed by atoms with van der Waals surface area (Å²) < 4.78 is 6.74. The quantitative estimate of drug-likeness (QED) is 0.635. The van der Waals surface area contributed by atoms with E-state index in [0.29, 0.717) is 34.2 Å². The third-order valence-electron chi connectivity index (χ3n) is 5.02. The lowest BCUT2D eigenvalue weighted by atomic mass is 10.0. The SMILES string of the molecule is O=C(CCn1c(=O)oc2ccccc21)N1CCCC1c1ccc(Cl)c(Cl)c1. The van der Waals surface area contributed by atoms with Crippen LogP contribution in [0.3, 0.4) is 0 Å². The molecule has 4 rings (SSSR count). The van der Waals surface area contributed by atoms with Crippen molar-refractivity contribution in [2.24, 2.45) is 0 Å². The van der Waals surface area contributed by atoms with E-state index in [-0.39, 0.29) is 18.4 Å². The van der Waals surface area contributed by atoms with Crippen LogP contribution in [0.25, 0.3) is 11.1 Å². The number of oxazole rings is 1. The number of halogens is 2. The van der Waals surface area contributed by atoms with Crippen molar-refractivity contribution in [1.82, 2.24) is 9.47 Å². The van der Waals surface area contributed by atoms with Crippen LogP contribution in [0.4, 0.5) is 0 Å². The van der Waals surface area contributed by atoms with Gasteiger partial charge in [-0.1, -0.05) is 41.4 Å². The van der Waals surface area contributed by atoms with Gasteiger partial charge in [-0.25, -0.2) is 4.79 Å². The average Bonchev–Trinajstić information content (AvgIpc) is 3.26. The lowest BCUT2D eigenvalue weighted by Gasteiger charge is -2.25. The van der Waals surface area contributed by atoms with E-state index in [2.05, 4.69) is 0 Å². The summed E-state index contributed by atoms with van der Waals surface area (Å²) in [5, 5.41) is 0.993. The fourth-order valence-corrected chi connectivity index (χ4v) is 4.01. The van der Waals surface area contributed by atoms with Crippen LogP contribution in [0.1, 0.15) is 30.9 Å². The number of rotatable bonds is 4. The second kappa shape index (κ2) is 7.41. The molecule has 7 heteroatoms. The molecule has 1 aliphatic rings. The lowest BCUT2D eigenvalue weighted by molar-refractivity contribution is -0.132. The molecule has 0 aliphatic carbocycles. The molecule has 1 aromatic heterocycles. The van der Waals surface area contributed by atoms with Gasteiger partial charge in [0, 0.05) is 19.5 Å². The zero-order chi connectivity index (χ0) is 19.0. The normalized spacial score (nSPS) is 17.0. The smallest absolute Gasteiger partial charge is 0.408 e. The van der Waals surface area contributed by atoms with Crippen LogP contribution in [0.5, 0.6) is 0 Å². The first-order chi connectivity index (χ1) is 13.0. The van der Waals surface area contributed by atoms with E-state index in [9.17, 15) is 9.59 Å². The molecule has 5 nitrogen and oxygen atoms in total. The third-order valence-corrected chi connectivity index (χ3v) is 5.76. The highest BCUT2D eigenvalue weighted by molar-refractivity contribution is 6.42. The Kier molecular flexibility index (Phi) is 4.98. The lowest BCUT2D eigenvalue weighted by Crippen LogP contribution is -2.32. The van der Waals surface area contributed by atoms with Crippen LogP contribution in [-0.2, 0) is 11.3 Å². The van der Waals surface area contributed by atoms with Crippen LogP contribution in [-0.4, -0.2) is 21.9 Å². The third kappa shape index (κ3) is 3.49. The minimum absolute atomic E-state index is 0.00918. The van der Waals surface area contributed by atoms with Crippen LogP contribution in [0.15, 0.2) is 51.7 Å². The highest BCUT2D eigenvalue weighted by Gasteiger charge is 2.30. The second-order valence-electron chi connectivity index (χ2n) is 6.66. The van der Waals surface area contributed by atoms with Crippen molar-refractivity contribution in [3.8, 4) is 0 Å². The van der Waals surface area contributed by atoms with Gasteiger partial charge in [0.25, 0.3) is 0 Å². The molecular formula is C20H18Cl2N2O3. The zero-order valence-electron chi connectivity index (χ0n) is 14.5. The molecule has 0 radical (unpaired) electrons. The van der Waals surface area contributed by atoms with Gasteiger partial charge in [0.2, 0.25) is 5.91 Å². The maximum Gasteiger partial charge on any atom is 0.419 e. The number of fused-ring (bicyclic) bond motifs is 1. The van der Waals surface area contributed by atoms with Gasteiger partial charge in [0.05, 0.1) is 21.6 Å². The minimum Gasteiger partial charge on any atom is -0.408 e. The Morgan fingerprint density at radius 3 is 2.78 bits per heavy atom. The van der Waals surface area contributed by atoms with Crippen LogP contribution < -0.4 is 5.76 Å². The maximum absolute atomic E-state index is 12.8. The number of amides is 1. The fourth-order valence-electron chi connectivity index (χ4n) is 3.71. The summed E-state index contributed by atoms with van der Waals surface area (Å²) in [6.07, 6.45) is 2.06. The first-order valence-electron chi connectivity index (χ1n) is 8.87. The molecule has 0 N–H and O–H groups in total. The van der Waals surface area contributed by atoms with Gasteiger partial charge in [-0.2, -0.15) is 0 Å². The molecule has 140 valence electrons. The van der Waals surface area contributed by atoms with E-state index in [0.717, 1.165) is 18.4 Å². The number of aromatic nitrogens is 1. The van der Waals surface area contributed by atoms with Crippen molar-refractivity contribution < 1.29 is 9.21 Å². The summed E-state index contributed by atoms with van der Waals surface area (Å²) >= 11 is 12.1. The number of hydrogen-bond acceptors (Lipinski definition) is 3. The summed E-state index contributed by atoms with van der Waals surface area (Å²) in [4.78, 5) is 26.8. The number of likely N-dealkylation sites (tertiary alicyclic amines) is 1. The summed E-state index contributed by atoms with van der Waals surface area (Å²) in [7, 11) is 0. The molecule has 1 atom stereocenters. The molecule has 1 fully saturated rings. The Bertz CT molecular complexity index is 1060. The average molecular weight is 405 g/mol. The van der Waals surface area contributed by atoms with Crippen molar-refractivity contribution in [3.63, 3.8) is 0 Å². The van der Waals surface area contributed by atoms with Crippen molar-refractivity contribution in [3.05, 3.63) is 68.6 Å². The standard InChI is InChI=1S/C20H18Cl2N2O3/c21-14-8-7-13(12-15(14)22)16-5-3-10-23(16)19(25)9-11-24-17-4-1-2-6-18(17)27-20(24)26/h1-2,4,6-8,12,16H,3,5,9-11H2. The molecule has 1 unspecified atom stereocenters. The van der Waals surface area contributed by atoms with Gasteiger partial charge in [0.1, 0.15) is 0 Å². The number of carbonyl (C=O) groups excluding carboxylic acids is 1. The summed E-state index contributed by atoms with van der Waals surface area (Å²) in [5.74, 6) is -0.424. The predicted octanol–water partition coefficient (Wildman–Crippen LogP) is 4.66.